The molecular weight excluding hydrogens is 282 g/mol. The predicted molar refractivity (Wildman–Crippen MR) is 93.9 cm³/mol. The Labute approximate surface area is 134 Å². The summed E-state index contributed by atoms with van der Waals surface area (Å²) in [6, 6.07) is 24.6. The van der Waals surface area contributed by atoms with E-state index in [2.05, 4.69) is 52.3 Å². The van der Waals surface area contributed by atoms with Crippen LogP contribution in [-0.4, -0.2) is 15.4 Å². The van der Waals surface area contributed by atoms with E-state index in [9.17, 15) is 0 Å². The molecule has 0 bridgehead atoms. The number of fused-ring (bicyclic) bond motifs is 1. The summed E-state index contributed by atoms with van der Waals surface area (Å²) in [7, 11) is 0. The minimum atomic E-state index is 0.784. The highest BCUT2D eigenvalue weighted by molar-refractivity contribution is 5.90. The number of aromatic amines is 1. The number of benzene rings is 3. The molecule has 3 aromatic carbocycles. The molecule has 3 nitrogen and oxygen atoms in total. The summed E-state index contributed by atoms with van der Waals surface area (Å²) >= 11 is 0. The molecule has 1 N–H and O–H groups in total. The summed E-state index contributed by atoms with van der Waals surface area (Å²) in [4.78, 5) is 0. The van der Waals surface area contributed by atoms with Crippen molar-refractivity contribution in [1.29, 1.82) is 0 Å². The lowest BCUT2D eigenvalue weighted by Crippen LogP contribution is -1.90. The molecule has 3 heteroatoms. The molecule has 0 fully saturated rings. The van der Waals surface area contributed by atoms with Crippen molar-refractivity contribution in [3.05, 3.63) is 90.6 Å². The molecule has 4 rings (SSSR count). The Kier molecular flexibility index (Phi) is 3.24. The summed E-state index contributed by atoms with van der Waals surface area (Å²) in [6.45, 7) is 4.19. The number of H-pyrrole nitrogens is 1. The van der Waals surface area contributed by atoms with Crippen LogP contribution in [0.5, 0.6) is 0 Å². The molecule has 0 amide bonds. The van der Waals surface area contributed by atoms with Gasteiger partial charge in [0.15, 0.2) is 0 Å². The number of rotatable bonds is 3. The fraction of sp³-hybridized carbons (Fsp3) is 0. The molecule has 110 valence electrons. The van der Waals surface area contributed by atoms with Gasteiger partial charge in [-0.3, -0.25) is 0 Å². The van der Waals surface area contributed by atoms with Crippen molar-refractivity contribution >= 4 is 16.3 Å². The minimum Gasteiger partial charge on any atom is -0.197 e. The maximum absolute atomic E-state index is 4.34. The maximum Gasteiger partial charge on any atom is 0.120 e. The van der Waals surface area contributed by atoms with Crippen LogP contribution < -0.4 is 0 Å². The topological polar surface area (TPSA) is 41.6 Å². The largest absolute Gasteiger partial charge is 0.197 e. The summed E-state index contributed by atoms with van der Waals surface area (Å²) < 4.78 is 0. The monoisotopic (exact) mass is 297 g/mol. The van der Waals surface area contributed by atoms with Gasteiger partial charge in [0.25, 0.3) is 0 Å². The van der Waals surface area contributed by atoms with Crippen molar-refractivity contribution in [3.63, 3.8) is 0 Å². The van der Waals surface area contributed by atoms with E-state index in [-0.39, 0.29) is 0 Å². The zero-order chi connectivity index (χ0) is 15.6. The smallest absolute Gasteiger partial charge is 0.120 e. The van der Waals surface area contributed by atoms with Gasteiger partial charge >= 0.3 is 0 Å². The van der Waals surface area contributed by atoms with E-state index in [1.807, 2.05) is 42.5 Å². The molecule has 1 aromatic heterocycles. The maximum atomic E-state index is 4.34. The second kappa shape index (κ2) is 5.54. The number of hydrogen-bond acceptors (Lipinski definition) is 2. The number of aromatic nitrogens is 3. The molecule has 0 saturated carbocycles. The van der Waals surface area contributed by atoms with Crippen LogP contribution in [0.15, 0.2) is 79.4 Å². The molecule has 0 aliphatic carbocycles. The van der Waals surface area contributed by atoms with Crippen LogP contribution in [0.4, 0.5) is 0 Å². The van der Waals surface area contributed by atoms with Gasteiger partial charge in [-0.2, -0.15) is 15.4 Å². The van der Waals surface area contributed by atoms with Crippen LogP contribution in [0, 0.1) is 0 Å². The van der Waals surface area contributed by atoms with Crippen LogP contribution in [-0.2, 0) is 0 Å². The van der Waals surface area contributed by atoms with E-state index < -0.39 is 0 Å². The van der Waals surface area contributed by atoms with Gasteiger partial charge in [0.2, 0.25) is 0 Å². The molecule has 0 aliphatic heterocycles. The number of hydrogen-bond donors (Lipinski definition) is 1. The normalized spacial score (nSPS) is 10.8. The highest BCUT2D eigenvalue weighted by Crippen LogP contribution is 2.30. The number of nitrogens with one attached hydrogen (secondary N) is 1. The lowest BCUT2D eigenvalue weighted by Gasteiger charge is -2.06. The van der Waals surface area contributed by atoms with E-state index in [1.54, 1.807) is 0 Å². The zero-order valence-electron chi connectivity index (χ0n) is 12.5. The summed E-state index contributed by atoms with van der Waals surface area (Å²) in [5, 5.41) is 13.8. The van der Waals surface area contributed by atoms with Gasteiger partial charge in [-0.15, -0.1) is 0 Å². The lowest BCUT2D eigenvalue weighted by molar-refractivity contribution is 0.937. The van der Waals surface area contributed by atoms with Crippen LogP contribution in [0.1, 0.15) is 11.3 Å². The molecule has 0 spiro atoms. The average Bonchev–Trinajstić information content (AvgIpc) is 3.11. The molecule has 0 unspecified atom stereocenters. The third-order valence-corrected chi connectivity index (χ3v) is 3.98. The fourth-order valence-electron chi connectivity index (χ4n) is 2.76. The summed E-state index contributed by atoms with van der Waals surface area (Å²) in [5.74, 6) is 0. The van der Waals surface area contributed by atoms with Gasteiger partial charge < -0.3 is 0 Å². The van der Waals surface area contributed by atoms with Crippen LogP contribution in [0.25, 0.3) is 27.6 Å². The van der Waals surface area contributed by atoms with Crippen molar-refractivity contribution in [2.75, 3.05) is 0 Å². The number of nitrogens with zero attached hydrogens (tertiary/aromatic N) is 2. The molecule has 1 heterocycles. The second-order valence-corrected chi connectivity index (χ2v) is 5.43. The Bertz CT molecular complexity index is 984. The SMILES string of the molecule is C=C(c1ccccc1)c1n[nH]nc1-c1ccc2ccccc2c1. The first-order chi connectivity index (χ1) is 11.3. The van der Waals surface area contributed by atoms with E-state index in [0.29, 0.717) is 0 Å². The quantitative estimate of drug-likeness (QED) is 0.596. The molecule has 23 heavy (non-hydrogen) atoms. The highest BCUT2D eigenvalue weighted by Gasteiger charge is 2.14. The molecule has 0 saturated heterocycles. The van der Waals surface area contributed by atoms with Gasteiger partial charge in [-0.1, -0.05) is 73.3 Å². The van der Waals surface area contributed by atoms with Gasteiger partial charge in [-0.05, 0) is 22.4 Å². The highest BCUT2D eigenvalue weighted by atomic mass is 15.3. The Morgan fingerprint density at radius 1 is 0.783 bits per heavy atom. The van der Waals surface area contributed by atoms with Crippen LogP contribution in [0.2, 0.25) is 0 Å². The molecular formula is C20H15N3. The Balaban J connectivity index is 1.81. The minimum absolute atomic E-state index is 0.784. The van der Waals surface area contributed by atoms with E-state index >= 15 is 0 Å². The molecule has 0 aliphatic rings. The Morgan fingerprint density at radius 3 is 2.35 bits per heavy atom. The first kappa shape index (κ1) is 13.5. The van der Waals surface area contributed by atoms with E-state index in [1.165, 1.54) is 10.8 Å². The van der Waals surface area contributed by atoms with Crippen molar-refractivity contribution in [1.82, 2.24) is 15.4 Å². The molecule has 0 radical (unpaired) electrons. The van der Waals surface area contributed by atoms with Gasteiger partial charge in [0.05, 0.1) is 0 Å². The third kappa shape index (κ3) is 2.42. The standard InChI is InChI=1S/C20H15N3/c1-14(15-7-3-2-4-8-15)19-20(22-23-21-19)18-12-11-16-9-5-6-10-17(16)13-18/h2-13H,1H2,(H,21,22,23). The van der Waals surface area contributed by atoms with Crippen LogP contribution >= 0.6 is 0 Å². The molecule has 4 aromatic rings. The van der Waals surface area contributed by atoms with Gasteiger partial charge in [0.1, 0.15) is 11.4 Å². The zero-order valence-corrected chi connectivity index (χ0v) is 12.5. The average molecular weight is 297 g/mol. The van der Waals surface area contributed by atoms with Gasteiger partial charge in [-0.25, -0.2) is 0 Å². The van der Waals surface area contributed by atoms with E-state index in [0.717, 1.165) is 28.1 Å². The third-order valence-electron chi connectivity index (χ3n) is 3.98. The molecule has 0 atom stereocenters. The fourth-order valence-corrected chi connectivity index (χ4v) is 2.76. The predicted octanol–water partition coefficient (Wildman–Crippen LogP) is 4.69. The summed E-state index contributed by atoms with van der Waals surface area (Å²) in [5.41, 5.74) is 4.55. The van der Waals surface area contributed by atoms with Crippen molar-refractivity contribution in [2.24, 2.45) is 0 Å². The van der Waals surface area contributed by atoms with Crippen molar-refractivity contribution < 1.29 is 0 Å². The Morgan fingerprint density at radius 2 is 1.52 bits per heavy atom. The lowest BCUT2D eigenvalue weighted by atomic mass is 9.99. The first-order valence-electron chi connectivity index (χ1n) is 7.47. The second-order valence-electron chi connectivity index (χ2n) is 5.43. The first-order valence-corrected chi connectivity index (χ1v) is 7.47. The Hall–Kier alpha value is -3.20. The van der Waals surface area contributed by atoms with Crippen LogP contribution in [0.3, 0.4) is 0 Å². The van der Waals surface area contributed by atoms with Crippen molar-refractivity contribution in [3.8, 4) is 11.3 Å². The van der Waals surface area contributed by atoms with E-state index in [4.69, 9.17) is 0 Å². The van der Waals surface area contributed by atoms with Crippen molar-refractivity contribution in [2.45, 2.75) is 0 Å². The summed E-state index contributed by atoms with van der Waals surface area (Å²) in [6.07, 6.45) is 0. The van der Waals surface area contributed by atoms with Gasteiger partial charge in [0, 0.05) is 11.1 Å².